The lowest BCUT2D eigenvalue weighted by Crippen LogP contribution is -2.09. The van der Waals surface area contributed by atoms with E-state index in [-0.39, 0.29) is 5.82 Å². The van der Waals surface area contributed by atoms with Crippen LogP contribution >= 0.6 is 11.6 Å². The molecule has 0 saturated carbocycles. The zero-order valence-corrected chi connectivity index (χ0v) is 9.28. The SMILES string of the molecule is NCCc1c(Cl)cnn1-c1cccc(F)c1. The summed E-state index contributed by atoms with van der Waals surface area (Å²) in [5.41, 5.74) is 6.94. The van der Waals surface area contributed by atoms with Gasteiger partial charge in [-0.25, -0.2) is 9.07 Å². The molecule has 0 spiro atoms. The van der Waals surface area contributed by atoms with Crippen molar-refractivity contribution in [2.45, 2.75) is 6.42 Å². The molecule has 16 heavy (non-hydrogen) atoms. The molecule has 2 N–H and O–H groups in total. The second kappa shape index (κ2) is 4.63. The molecule has 0 radical (unpaired) electrons. The molecule has 0 atom stereocenters. The van der Waals surface area contributed by atoms with Gasteiger partial charge in [-0.1, -0.05) is 17.7 Å². The number of hydrogen-bond donors (Lipinski definition) is 1. The van der Waals surface area contributed by atoms with E-state index in [0.29, 0.717) is 23.7 Å². The Kier molecular flexibility index (Phi) is 3.22. The maximum absolute atomic E-state index is 13.1. The van der Waals surface area contributed by atoms with E-state index >= 15 is 0 Å². The normalized spacial score (nSPS) is 10.7. The van der Waals surface area contributed by atoms with Gasteiger partial charge in [0.25, 0.3) is 0 Å². The number of nitrogens with two attached hydrogens (primary N) is 1. The summed E-state index contributed by atoms with van der Waals surface area (Å²) in [6.07, 6.45) is 2.15. The van der Waals surface area contributed by atoms with Gasteiger partial charge in [0.15, 0.2) is 0 Å². The topological polar surface area (TPSA) is 43.8 Å². The van der Waals surface area contributed by atoms with E-state index in [2.05, 4.69) is 5.10 Å². The Morgan fingerprint density at radius 1 is 1.44 bits per heavy atom. The van der Waals surface area contributed by atoms with Crippen LogP contribution in [0.2, 0.25) is 5.02 Å². The number of rotatable bonds is 3. The number of hydrogen-bond acceptors (Lipinski definition) is 2. The fraction of sp³-hybridized carbons (Fsp3) is 0.182. The van der Waals surface area contributed by atoms with Crippen molar-refractivity contribution in [3.05, 3.63) is 47.0 Å². The minimum Gasteiger partial charge on any atom is -0.330 e. The van der Waals surface area contributed by atoms with E-state index in [1.807, 2.05) is 0 Å². The molecule has 0 aliphatic heterocycles. The Labute approximate surface area is 97.6 Å². The molecule has 0 aliphatic rings. The standard InChI is InChI=1S/C11H11ClFN3/c12-10-7-15-16(11(10)4-5-14)9-3-1-2-8(13)6-9/h1-3,6-7H,4-5,14H2. The molecule has 0 amide bonds. The van der Waals surface area contributed by atoms with Crippen LogP contribution < -0.4 is 5.73 Å². The van der Waals surface area contributed by atoms with Gasteiger partial charge >= 0.3 is 0 Å². The van der Waals surface area contributed by atoms with E-state index in [4.69, 9.17) is 17.3 Å². The summed E-state index contributed by atoms with van der Waals surface area (Å²) in [7, 11) is 0. The predicted octanol–water partition coefficient (Wildman–Crippen LogP) is 2.17. The van der Waals surface area contributed by atoms with Gasteiger partial charge in [-0.2, -0.15) is 5.10 Å². The fourth-order valence-electron chi connectivity index (χ4n) is 1.55. The van der Waals surface area contributed by atoms with Crippen LogP contribution in [0.3, 0.4) is 0 Å². The first-order valence-corrected chi connectivity index (χ1v) is 5.28. The molecule has 84 valence electrons. The Balaban J connectivity index is 2.47. The monoisotopic (exact) mass is 239 g/mol. The van der Waals surface area contributed by atoms with Crippen molar-refractivity contribution < 1.29 is 4.39 Å². The van der Waals surface area contributed by atoms with Gasteiger partial charge in [0, 0.05) is 6.42 Å². The van der Waals surface area contributed by atoms with E-state index in [9.17, 15) is 4.39 Å². The summed E-state index contributed by atoms with van der Waals surface area (Å²) < 4.78 is 14.7. The van der Waals surface area contributed by atoms with Crippen LogP contribution in [0.1, 0.15) is 5.69 Å². The van der Waals surface area contributed by atoms with Crippen LogP contribution in [0.4, 0.5) is 4.39 Å². The lowest BCUT2D eigenvalue weighted by molar-refractivity contribution is 0.624. The van der Waals surface area contributed by atoms with Gasteiger partial charge in [0.2, 0.25) is 0 Å². The number of benzene rings is 1. The third-order valence-corrected chi connectivity index (χ3v) is 2.57. The molecule has 1 aromatic heterocycles. The second-order valence-electron chi connectivity index (χ2n) is 3.37. The molecule has 0 saturated heterocycles. The average molecular weight is 240 g/mol. The molecule has 5 heteroatoms. The largest absolute Gasteiger partial charge is 0.330 e. The second-order valence-corrected chi connectivity index (χ2v) is 3.78. The van der Waals surface area contributed by atoms with Crippen LogP contribution in [0.15, 0.2) is 30.5 Å². The van der Waals surface area contributed by atoms with Crippen molar-refractivity contribution in [3.63, 3.8) is 0 Å². The smallest absolute Gasteiger partial charge is 0.125 e. The summed E-state index contributed by atoms with van der Waals surface area (Å²) in [6, 6.07) is 6.19. The lowest BCUT2D eigenvalue weighted by atomic mass is 10.2. The number of halogens is 2. The molecule has 0 unspecified atom stereocenters. The molecule has 2 aromatic rings. The summed E-state index contributed by atoms with van der Waals surface area (Å²) in [6.45, 7) is 0.473. The third-order valence-electron chi connectivity index (χ3n) is 2.25. The first kappa shape index (κ1) is 11.1. The van der Waals surface area contributed by atoms with Gasteiger partial charge < -0.3 is 5.73 Å². The van der Waals surface area contributed by atoms with Gasteiger partial charge in [-0.05, 0) is 24.7 Å². The van der Waals surface area contributed by atoms with Gasteiger partial charge in [0.1, 0.15) is 5.82 Å². The van der Waals surface area contributed by atoms with Crippen LogP contribution in [-0.4, -0.2) is 16.3 Å². The maximum Gasteiger partial charge on any atom is 0.125 e. The zero-order chi connectivity index (χ0) is 11.5. The minimum absolute atomic E-state index is 0.303. The highest BCUT2D eigenvalue weighted by atomic mass is 35.5. The van der Waals surface area contributed by atoms with Crippen molar-refractivity contribution in [1.82, 2.24) is 9.78 Å². The summed E-state index contributed by atoms with van der Waals surface area (Å²) in [5.74, 6) is -0.303. The van der Waals surface area contributed by atoms with Crippen LogP contribution in [0.25, 0.3) is 5.69 Å². The Hall–Kier alpha value is -1.39. The van der Waals surface area contributed by atoms with Crippen molar-refractivity contribution >= 4 is 11.6 Å². The summed E-state index contributed by atoms with van der Waals surface area (Å²) in [4.78, 5) is 0. The summed E-state index contributed by atoms with van der Waals surface area (Å²) in [5, 5.41) is 4.66. The first-order chi connectivity index (χ1) is 7.72. The molecule has 0 aliphatic carbocycles. The number of aromatic nitrogens is 2. The van der Waals surface area contributed by atoms with Gasteiger partial charge in [0.05, 0.1) is 22.6 Å². The maximum atomic E-state index is 13.1. The van der Waals surface area contributed by atoms with Crippen LogP contribution in [-0.2, 0) is 6.42 Å². The minimum atomic E-state index is -0.303. The van der Waals surface area contributed by atoms with Crippen molar-refractivity contribution in [3.8, 4) is 5.69 Å². The molecule has 3 nitrogen and oxygen atoms in total. The third kappa shape index (κ3) is 2.08. The van der Waals surface area contributed by atoms with Crippen molar-refractivity contribution in [2.75, 3.05) is 6.54 Å². The van der Waals surface area contributed by atoms with E-state index in [1.165, 1.54) is 18.3 Å². The quantitative estimate of drug-likeness (QED) is 0.892. The Morgan fingerprint density at radius 3 is 2.94 bits per heavy atom. The van der Waals surface area contributed by atoms with Gasteiger partial charge in [-0.3, -0.25) is 0 Å². The number of nitrogens with zero attached hydrogens (tertiary/aromatic N) is 2. The average Bonchev–Trinajstić information content (AvgIpc) is 2.61. The highest BCUT2D eigenvalue weighted by molar-refractivity contribution is 6.31. The van der Waals surface area contributed by atoms with E-state index < -0.39 is 0 Å². The predicted molar refractivity (Wildman–Crippen MR) is 61.3 cm³/mol. The van der Waals surface area contributed by atoms with E-state index in [0.717, 1.165) is 5.69 Å². The Bertz CT molecular complexity index is 496. The molecular formula is C11H11ClFN3. The zero-order valence-electron chi connectivity index (χ0n) is 8.53. The molecule has 1 heterocycles. The molecule has 0 bridgehead atoms. The Morgan fingerprint density at radius 2 is 2.25 bits per heavy atom. The van der Waals surface area contributed by atoms with Crippen molar-refractivity contribution in [2.24, 2.45) is 5.73 Å². The van der Waals surface area contributed by atoms with E-state index in [1.54, 1.807) is 16.8 Å². The highest BCUT2D eigenvalue weighted by Crippen LogP contribution is 2.19. The molecule has 2 rings (SSSR count). The molecule has 0 fully saturated rings. The first-order valence-electron chi connectivity index (χ1n) is 4.91. The highest BCUT2D eigenvalue weighted by Gasteiger charge is 2.10. The lowest BCUT2D eigenvalue weighted by Gasteiger charge is -2.06. The fourth-order valence-corrected chi connectivity index (χ4v) is 1.76. The van der Waals surface area contributed by atoms with Crippen molar-refractivity contribution in [1.29, 1.82) is 0 Å². The molecule has 1 aromatic carbocycles. The van der Waals surface area contributed by atoms with Crippen LogP contribution in [0.5, 0.6) is 0 Å². The van der Waals surface area contributed by atoms with Gasteiger partial charge in [-0.15, -0.1) is 0 Å². The molecular weight excluding hydrogens is 229 g/mol. The summed E-state index contributed by atoms with van der Waals surface area (Å²) >= 11 is 5.98. The van der Waals surface area contributed by atoms with Crippen LogP contribution in [0, 0.1) is 5.82 Å².